The molecule has 8 rings (SSSR count). The summed E-state index contributed by atoms with van der Waals surface area (Å²) in [7, 11) is 0. The Hall–Kier alpha value is -4.97. The Balaban J connectivity index is 0.000000142. The van der Waals surface area contributed by atoms with Gasteiger partial charge in [-0.25, -0.2) is 0 Å². The van der Waals surface area contributed by atoms with Gasteiger partial charge in [-0.2, -0.15) is 0 Å². The van der Waals surface area contributed by atoms with Gasteiger partial charge in [-0.05, 0) is 35.4 Å². The molecular weight excluding hydrogens is 725 g/mol. The molecule has 0 radical (unpaired) electrons. The van der Waals surface area contributed by atoms with E-state index in [0.717, 1.165) is 22.1 Å². The molecule has 0 spiro atoms. The number of benzene rings is 6. The number of hydrogen-bond acceptors (Lipinski definition) is 6. The minimum Gasteiger partial charge on any atom is -0.300 e. The van der Waals surface area contributed by atoms with Crippen molar-refractivity contribution in [3.05, 3.63) is 122 Å². The number of Topliss-reactive ketones (excluding diaryl/α,β-unsaturated/α-hetero) is 2. The van der Waals surface area contributed by atoms with E-state index in [-0.39, 0.29) is 38.1 Å². The van der Waals surface area contributed by atoms with E-state index in [4.69, 9.17) is 0 Å². The zero-order valence-electron chi connectivity index (χ0n) is 24.2. The van der Waals surface area contributed by atoms with E-state index >= 15 is 0 Å². The molecule has 8 aromatic rings. The summed E-state index contributed by atoms with van der Waals surface area (Å²) < 4.78 is 0. The monoisotopic (exact) mass is 753 g/mol. The van der Waals surface area contributed by atoms with Crippen LogP contribution in [0.4, 0.5) is 0 Å². The SMILES string of the molecule is CC(=O)CC(C)=O.[Ir+3].c1ccc2c(c1)c1ccccc1c1nccnc21.c1ccc2c(c1)c1ccccc1c1nccnc21. The first-order chi connectivity index (χ1) is 21.0. The smallest absolute Gasteiger partial charge is 0.300 e. The van der Waals surface area contributed by atoms with Crippen LogP contribution in [0.25, 0.3) is 65.2 Å². The summed E-state index contributed by atoms with van der Waals surface area (Å²) in [6.07, 6.45) is 7.10. The van der Waals surface area contributed by atoms with Crippen molar-refractivity contribution < 1.29 is 29.7 Å². The number of rotatable bonds is 2. The van der Waals surface area contributed by atoms with Crippen LogP contribution < -0.4 is 0 Å². The third kappa shape index (κ3) is 6.06. The second-order valence-electron chi connectivity index (χ2n) is 10.3. The molecule has 214 valence electrons. The van der Waals surface area contributed by atoms with Crippen LogP contribution in [0.2, 0.25) is 0 Å². The maximum atomic E-state index is 10.0. The van der Waals surface area contributed by atoms with E-state index in [2.05, 4.69) is 92.7 Å². The Labute approximate surface area is 267 Å². The number of carbonyl (C=O) groups excluding carboxylic acids is 2. The maximum absolute atomic E-state index is 10.0. The van der Waals surface area contributed by atoms with Gasteiger partial charge in [0.1, 0.15) is 11.6 Å². The van der Waals surface area contributed by atoms with Gasteiger partial charge in [0, 0.05) is 46.3 Å². The fourth-order valence-corrected chi connectivity index (χ4v) is 5.51. The van der Waals surface area contributed by atoms with Crippen LogP contribution in [-0.2, 0) is 29.7 Å². The van der Waals surface area contributed by atoms with Gasteiger partial charge in [-0.3, -0.25) is 29.5 Å². The van der Waals surface area contributed by atoms with E-state index in [1.807, 2.05) is 24.3 Å². The summed E-state index contributed by atoms with van der Waals surface area (Å²) in [6, 6.07) is 33.5. The van der Waals surface area contributed by atoms with Crippen LogP contribution in [-0.4, -0.2) is 31.5 Å². The van der Waals surface area contributed by atoms with Crippen molar-refractivity contribution in [1.29, 1.82) is 0 Å². The predicted octanol–water partition coefficient (Wildman–Crippen LogP) is 8.42. The van der Waals surface area contributed by atoms with Gasteiger partial charge in [-0.15, -0.1) is 0 Å². The van der Waals surface area contributed by atoms with Crippen LogP contribution in [0.1, 0.15) is 20.3 Å². The van der Waals surface area contributed by atoms with Gasteiger partial charge in [0.2, 0.25) is 0 Å². The molecule has 2 heterocycles. The van der Waals surface area contributed by atoms with E-state index < -0.39 is 0 Å². The molecule has 7 heteroatoms. The normalized spacial score (nSPS) is 10.6. The van der Waals surface area contributed by atoms with Gasteiger partial charge in [0.05, 0.1) is 28.5 Å². The second kappa shape index (κ2) is 13.6. The van der Waals surface area contributed by atoms with Crippen LogP contribution >= 0.6 is 0 Å². The summed E-state index contributed by atoms with van der Waals surface area (Å²) in [5, 5.41) is 9.61. The minimum atomic E-state index is -0.0625. The van der Waals surface area contributed by atoms with Crippen molar-refractivity contribution in [1.82, 2.24) is 19.9 Å². The molecule has 0 bridgehead atoms. The van der Waals surface area contributed by atoms with Crippen LogP contribution in [0.15, 0.2) is 122 Å². The first-order valence-electron chi connectivity index (χ1n) is 14.0. The molecule has 6 aromatic carbocycles. The molecule has 0 N–H and O–H groups in total. The first-order valence-corrected chi connectivity index (χ1v) is 14.0. The molecule has 0 amide bonds. The van der Waals surface area contributed by atoms with Crippen LogP contribution in [0.5, 0.6) is 0 Å². The maximum Gasteiger partial charge on any atom is 3.00 e. The van der Waals surface area contributed by atoms with Crippen molar-refractivity contribution >= 4 is 76.7 Å². The third-order valence-corrected chi connectivity index (χ3v) is 7.20. The van der Waals surface area contributed by atoms with E-state index in [0.29, 0.717) is 0 Å². The topological polar surface area (TPSA) is 85.7 Å². The molecule has 0 aliphatic carbocycles. The number of carbonyl (C=O) groups is 2. The summed E-state index contributed by atoms with van der Waals surface area (Å²) in [5.41, 5.74) is 3.91. The predicted molar refractivity (Wildman–Crippen MR) is 175 cm³/mol. The van der Waals surface area contributed by atoms with Gasteiger partial charge < -0.3 is 0 Å². The molecule has 0 unspecified atom stereocenters. The van der Waals surface area contributed by atoms with Crippen molar-refractivity contribution in [3.63, 3.8) is 0 Å². The van der Waals surface area contributed by atoms with E-state index in [1.165, 1.54) is 56.9 Å². The first kappa shape index (κ1) is 30.5. The molecule has 0 fully saturated rings. The van der Waals surface area contributed by atoms with E-state index in [1.54, 1.807) is 24.8 Å². The van der Waals surface area contributed by atoms with Crippen molar-refractivity contribution in [3.8, 4) is 0 Å². The molecule has 44 heavy (non-hydrogen) atoms. The average Bonchev–Trinajstić information content (AvgIpc) is 3.05. The van der Waals surface area contributed by atoms with Crippen LogP contribution in [0.3, 0.4) is 0 Å². The quantitative estimate of drug-likeness (QED) is 0.130. The molecule has 0 atom stereocenters. The zero-order valence-corrected chi connectivity index (χ0v) is 26.6. The second-order valence-corrected chi connectivity index (χ2v) is 10.3. The van der Waals surface area contributed by atoms with Gasteiger partial charge in [-0.1, -0.05) is 97.1 Å². The zero-order chi connectivity index (χ0) is 29.8. The molecule has 0 saturated carbocycles. The minimum absolute atomic E-state index is 0. The molecule has 0 saturated heterocycles. The Morgan fingerprint density at radius 2 is 0.614 bits per heavy atom. The third-order valence-electron chi connectivity index (χ3n) is 7.20. The Kier molecular flexibility index (Phi) is 9.39. The Morgan fingerprint density at radius 3 is 0.795 bits per heavy atom. The Bertz CT molecular complexity index is 1700. The van der Waals surface area contributed by atoms with E-state index in [9.17, 15) is 9.59 Å². The summed E-state index contributed by atoms with van der Waals surface area (Å²) in [6.45, 7) is 2.81. The van der Waals surface area contributed by atoms with Gasteiger partial charge in [0.15, 0.2) is 0 Å². The summed E-state index contributed by atoms with van der Waals surface area (Å²) >= 11 is 0. The van der Waals surface area contributed by atoms with Crippen molar-refractivity contribution in [2.45, 2.75) is 20.3 Å². The summed E-state index contributed by atoms with van der Waals surface area (Å²) in [5.74, 6) is -0.125. The molecule has 0 aliphatic heterocycles. The largest absolute Gasteiger partial charge is 3.00 e. The number of fused-ring (bicyclic) bond motifs is 12. The fourth-order valence-electron chi connectivity index (χ4n) is 5.51. The van der Waals surface area contributed by atoms with Gasteiger partial charge in [0.25, 0.3) is 0 Å². The number of hydrogen-bond donors (Lipinski definition) is 0. The number of ketones is 2. The molecule has 0 aliphatic rings. The van der Waals surface area contributed by atoms with Crippen molar-refractivity contribution in [2.75, 3.05) is 0 Å². The fraction of sp³-hybridized carbons (Fsp3) is 0.0811. The van der Waals surface area contributed by atoms with Crippen LogP contribution in [0, 0.1) is 0 Å². The number of aromatic nitrogens is 4. The molecule has 6 nitrogen and oxygen atoms in total. The molecular formula is C37H28IrN4O2+3. The Morgan fingerprint density at radius 1 is 0.409 bits per heavy atom. The van der Waals surface area contributed by atoms with Gasteiger partial charge >= 0.3 is 20.1 Å². The number of nitrogens with zero attached hydrogens (tertiary/aromatic N) is 4. The average molecular weight is 753 g/mol. The van der Waals surface area contributed by atoms with Crippen molar-refractivity contribution in [2.24, 2.45) is 0 Å². The summed E-state index contributed by atoms with van der Waals surface area (Å²) in [4.78, 5) is 38.1. The molecule has 2 aromatic heterocycles. The standard InChI is InChI=1S/2C16H10N2.C5H8O2.Ir/c2*1-3-7-13-11(5-1)12-6-2-4-8-14(12)16-15(13)17-9-10-18-16;1-4(6)3-5(2)7;/h2*1-10H;3H2,1-2H3;/q;;;+3.